The predicted molar refractivity (Wildman–Crippen MR) is 103 cm³/mol. The van der Waals surface area contributed by atoms with E-state index in [2.05, 4.69) is 22.9 Å². The second-order valence-electron chi connectivity index (χ2n) is 4.96. The molecular formula is C16H13ClN2OS3. The normalized spacial score (nSPS) is 10.8. The fourth-order valence-corrected chi connectivity index (χ4v) is 4.12. The zero-order valence-corrected chi connectivity index (χ0v) is 15.7. The number of benzene rings is 1. The molecule has 0 radical (unpaired) electrons. The average molecular weight is 381 g/mol. The Balaban J connectivity index is 1.89. The smallest absolute Gasteiger partial charge is 0.226 e. The maximum atomic E-state index is 11.4. The molecule has 3 aromatic rings. The van der Waals surface area contributed by atoms with Crippen molar-refractivity contribution in [2.24, 2.45) is 0 Å². The Morgan fingerprint density at radius 2 is 2.13 bits per heavy atom. The third-order valence-corrected chi connectivity index (χ3v) is 6.03. The summed E-state index contributed by atoms with van der Waals surface area (Å²) in [4.78, 5) is 17.7. The van der Waals surface area contributed by atoms with Crippen molar-refractivity contribution in [3.05, 3.63) is 50.0 Å². The third kappa shape index (κ3) is 3.45. The van der Waals surface area contributed by atoms with Crippen LogP contribution < -0.4 is 5.32 Å². The van der Waals surface area contributed by atoms with E-state index < -0.39 is 0 Å². The molecule has 0 unspecified atom stereocenters. The number of aryl methyl sites for hydroxylation is 1. The highest BCUT2D eigenvalue weighted by atomic mass is 35.5. The molecule has 0 saturated carbocycles. The Hall–Kier alpha value is -1.34. The number of thiophene rings is 1. The maximum Gasteiger partial charge on any atom is 0.226 e. The molecule has 0 fully saturated rings. The van der Waals surface area contributed by atoms with E-state index in [1.165, 1.54) is 22.7 Å². The van der Waals surface area contributed by atoms with E-state index in [9.17, 15) is 4.79 Å². The first kappa shape index (κ1) is 16.5. The highest BCUT2D eigenvalue weighted by molar-refractivity contribution is 7.97. The summed E-state index contributed by atoms with van der Waals surface area (Å²) in [5.41, 5.74) is 3.75. The van der Waals surface area contributed by atoms with E-state index in [4.69, 9.17) is 11.6 Å². The van der Waals surface area contributed by atoms with Gasteiger partial charge in [-0.05, 0) is 37.6 Å². The number of nitrogens with one attached hydrogen (secondary N) is 1. The summed E-state index contributed by atoms with van der Waals surface area (Å²) in [6, 6.07) is 7.58. The van der Waals surface area contributed by atoms with Crippen LogP contribution >= 0.6 is 46.9 Å². The van der Waals surface area contributed by atoms with Gasteiger partial charge in [-0.3, -0.25) is 4.79 Å². The summed E-state index contributed by atoms with van der Waals surface area (Å²) in [5, 5.41) is 6.56. The Kier molecular flexibility index (Phi) is 4.77. The van der Waals surface area contributed by atoms with E-state index >= 15 is 0 Å². The zero-order valence-electron chi connectivity index (χ0n) is 12.4. The van der Waals surface area contributed by atoms with Crippen LogP contribution in [0.4, 0.5) is 10.8 Å². The van der Waals surface area contributed by atoms with Crippen molar-refractivity contribution >= 4 is 62.8 Å². The standard InChI is InChI=1S/C16H13ClN2OS3/c1-8-11(17)4-3-5-12(8)18-16-19-13(7-22-16)10-6-14(15(20)21)23-9(10)2/h3-7H,1-2H3,(H,18,19)(H,20,21). The summed E-state index contributed by atoms with van der Waals surface area (Å²) in [6.45, 7) is 3.95. The van der Waals surface area contributed by atoms with Crippen LogP contribution in [0.5, 0.6) is 0 Å². The minimum absolute atomic E-state index is 0.215. The predicted octanol–water partition coefficient (Wildman–Crippen LogP) is 5.96. The largest absolute Gasteiger partial charge is 0.331 e. The molecule has 0 bridgehead atoms. The SMILES string of the molecule is Cc1sc(C(=O)S)cc1-c1csc(Nc2cccc(Cl)c2C)n1. The van der Waals surface area contributed by atoms with Crippen molar-refractivity contribution in [1.82, 2.24) is 4.98 Å². The van der Waals surface area contributed by atoms with Crippen LogP contribution in [0.2, 0.25) is 5.02 Å². The Morgan fingerprint density at radius 1 is 1.35 bits per heavy atom. The van der Waals surface area contributed by atoms with Crippen LogP contribution in [0.1, 0.15) is 20.1 Å². The molecule has 2 aromatic heterocycles. The highest BCUT2D eigenvalue weighted by Crippen LogP contribution is 2.35. The van der Waals surface area contributed by atoms with Gasteiger partial charge in [0.2, 0.25) is 5.12 Å². The van der Waals surface area contributed by atoms with Crippen molar-refractivity contribution in [1.29, 1.82) is 0 Å². The van der Waals surface area contributed by atoms with Crippen LogP contribution in [0.3, 0.4) is 0 Å². The summed E-state index contributed by atoms with van der Waals surface area (Å²) in [7, 11) is 0. The molecule has 0 saturated heterocycles. The van der Waals surface area contributed by atoms with Crippen LogP contribution in [0.15, 0.2) is 29.6 Å². The summed E-state index contributed by atoms with van der Waals surface area (Å²) in [5.74, 6) is 0. The average Bonchev–Trinajstić information content (AvgIpc) is 3.10. The minimum atomic E-state index is -0.215. The second kappa shape index (κ2) is 6.65. The quantitative estimate of drug-likeness (QED) is 0.549. The first-order chi connectivity index (χ1) is 11.0. The second-order valence-corrected chi connectivity index (χ2v) is 7.89. The van der Waals surface area contributed by atoms with Crippen molar-refractivity contribution < 1.29 is 4.79 Å². The summed E-state index contributed by atoms with van der Waals surface area (Å²) >= 11 is 13.0. The number of aromatic nitrogens is 1. The van der Waals surface area contributed by atoms with Gasteiger partial charge in [0.05, 0.1) is 10.6 Å². The Morgan fingerprint density at radius 3 is 2.83 bits per heavy atom. The highest BCUT2D eigenvalue weighted by Gasteiger charge is 2.14. The number of hydrogen-bond donors (Lipinski definition) is 2. The topological polar surface area (TPSA) is 42.0 Å². The van der Waals surface area contributed by atoms with Crippen LogP contribution in [0.25, 0.3) is 11.3 Å². The van der Waals surface area contributed by atoms with Gasteiger partial charge >= 0.3 is 0 Å². The molecule has 0 atom stereocenters. The molecule has 118 valence electrons. The minimum Gasteiger partial charge on any atom is -0.331 e. The van der Waals surface area contributed by atoms with Gasteiger partial charge in [0.1, 0.15) is 0 Å². The van der Waals surface area contributed by atoms with Crippen LogP contribution in [0, 0.1) is 13.8 Å². The molecule has 23 heavy (non-hydrogen) atoms. The van der Waals surface area contributed by atoms with E-state index in [-0.39, 0.29) is 5.12 Å². The number of nitrogens with zero attached hydrogens (tertiary/aromatic N) is 1. The fraction of sp³-hybridized carbons (Fsp3) is 0.125. The molecule has 0 amide bonds. The number of thiol groups is 1. The fourth-order valence-electron chi connectivity index (χ4n) is 2.15. The summed E-state index contributed by atoms with van der Waals surface area (Å²) in [6.07, 6.45) is 0. The summed E-state index contributed by atoms with van der Waals surface area (Å²) < 4.78 is 0. The number of carbonyl (C=O) groups is 1. The van der Waals surface area contributed by atoms with E-state index in [0.717, 1.165) is 37.5 Å². The maximum absolute atomic E-state index is 11.4. The van der Waals surface area contributed by atoms with Gasteiger partial charge in [-0.2, -0.15) is 0 Å². The number of thiazole rings is 1. The molecule has 3 nitrogen and oxygen atoms in total. The molecule has 2 heterocycles. The van der Waals surface area contributed by atoms with Gasteiger partial charge in [-0.15, -0.1) is 22.7 Å². The van der Waals surface area contributed by atoms with Gasteiger partial charge in [0, 0.05) is 26.5 Å². The van der Waals surface area contributed by atoms with Crippen molar-refractivity contribution in [3.8, 4) is 11.3 Å². The van der Waals surface area contributed by atoms with Gasteiger partial charge in [-0.1, -0.05) is 30.3 Å². The lowest BCUT2D eigenvalue weighted by Gasteiger charge is -2.07. The lowest BCUT2D eigenvalue weighted by molar-refractivity contribution is 0.109. The zero-order chi connectivity index (χ0) is 16.6. The number of rotatable bonds is 4. The van der Waals surface area contributed by atoms with E-state index in [1.54, 1.807) is 0 Å². The van der Waals surface area contributed by atoms with E-state index in [0.29, 0.717) is 4.88 Å². The van der Waals surface area contributed by atoms with Crippen molar-refractivity contribution in [2.45, 2.75) is 13.8 Å². The number of hydrogen-bond acceptors (Lipinski definition) is 5. The monoisotopic (exact) mass is 380 g/mol. The third-order valence-electron chi connectivity index (χ3n) is 3.42. The molecule has 3 rings (SSSR count). The molecule has 0 aliphatic heterocycles. The van der Waals surface area contributed by atoms with Gasteiger partial charge < -0.3 is 5.32 Å². The lowest BCUT2D eigenvalue weighted by atomic mass is 10.2. The Bertz CT molecular complexity index is 885. The molecule has 7 heteroatoms. The van der Waals surface area contributed by atoms with Gasteiger partial charge in [0.15, 0.2) is 5.13 Å². The number of halogens is 1. The van der Waals surface area contributed by atoms with Crippen molar-refractivity contribution in [3.63, 3.8) is 0 Å². The molecule has 1 N–H and O–H groups in total. The van der Waals surface area contributed by atoms with Crippen LogP contribution in [-0.4, -0.2) is 10.1 Å². The van der Waals surface area contributed by atoms with E-state index in [1.807, 2.05) is 43.5 Å². The number of anilines is 2. The lowest BCUT2D eigenvalue weighted by Crippen LogP contribution is -1.93. The molecule has 0 spiro atoms. The van der Waals surface area contributed by atoms with Gasteiger partial charge in [0.25, 0.3) is 0 Å². The molecular weight excluding hydrogens is 368 g/mol. The molecule has 0 aliphatic rings. The van der Waals surface area contributed by atoms with Crippen LogP contribution in [-0.2, 0) is 0 Å². The Labute approximate surface area is 152 Å². The molecule has 1 aromatic carbocycles. The first-order valence-electron chi connectivity index (χ1n) is 6.77. The number of carbonyl (C=O) groups excluding carboxylic acids is 1. The first-order valence-corrected chi connectivity index (χ1v) is 9.29. The molecule has 0 aliphatic carbocycles. The van der Waals surface area contributed by atoms with Gasteiger partial charge in [-0.25, -0.2) is 4.98 Å². The van der Waals surface area contributed by atoms with Crippen molar-refractivity contribution in [2.75, 3.05) is 5.32 Å².